The normalized spacial score (nSPS) is 18.8. The molecule has 188 valence electrons. The predicted octanol–water partition coefficient (Wildman–Crippen LogP) is 2.91. The fourth-order valence-corrected chi connectivity index (χ4v) is 3.80. The number of rotatable bonds is 8. The average molecular weight is 478 g/mol. The first-order valence-electron chi connectivity index (χ1n) is 11.4. The van der Waals surface area contributed by atoms with Crippen LogP contribution in [0.4, 0.5) is 9.59 Å². The summed E-state index contributed by atoms with van der Waals surface area (Å²) >= 11 is 0. The molecular formula is C24H35N3O7. The van der Waals surface area contributed by atoms with Gasteiger partial charge in [-0.15, -0.1) is 0 Å². The third-order valence-electron chi connectivity index (χ3n) is 5.44. The van der Waals surface area contributed by atoms with Crippen LogP contribution in [0.2, 0.25) is 0 Å². The van der Waals surface area contributed by atoms with Gasteiger partial charge in [-0.3, -0.25) is 4.79 Å². The molecule has 1 atom stereocenters. The Hall–Kier alpha value is -3.30. The van der Waals surface area contributed by atoms with Crippen LogP contribution < -0.4 is 10.6 Å². The Balaban J connectivity index is 1.75. The zero-order valence-corrected chi connectivity index (χ0v) is 20.2. The zero-order valence-electron chi connectivity index (χ0n) is 20.2. The molecular weight excluding hydrogens is 442 g/mol. The van der Waals surface area contributed by atoms with Crippen molar-refractivity contribution in [2.75, 3.05) is 13.6 Å². The molecule has 3 N–H and O–H groups in total. The minimum absolute atomic E-state index is 0.123. The number of hydrogen-bond acceptors (Lipinski definition) is 6. The lowest BCUT2D eigenvalue weighted by atomic mass is 9.81. The van der Waals surface area contributed by atoms with E-state index in [9.17, 15) is 24.3 Å². The van der Waals surface area contributed by atoms with E-state index in [0.29, 0.717) is 25.7 Å². The molecule has 1 aliphatic rings. The highest BCUT2D eigenvalue weighted by Gasteiger charge is 2.34. The molecule has 3 amide bonds. The fourth-order valence-electron chi connectivity index (χ4n) is 3.80. The van der Waals surface area contributed by atoms with E-state index in [1.165, 1.54) is 11.9 Å². The van der Waals surface area contributed by atoms with Crippen LogP contribution in [0.3, 0.4) is 0 Å². The number of ether oxygens (including phenoxy) is 2. The van der Waals surface area contributed by atoms with E-state index in [-0.39, 0.29) is 31.0 Å². The van der Waals surface area contributed by atoms with Crippen LogP contribution >= 0.6 is 0 Å². The van der Waals surface area contributed by atoms with Crippen LogP contribution in [0.15, 0.2) is 30.3 Å². The second-order valence-corrected chi connectivity index (χ2v) is 9.54. The third-order valence-corrected chi connectivity index (χ3v) is 5.44. The summed E-state index contributed by atoms with van der Waals surface area (Å²) < 4.78 is 10.4. The molecule has 0 unspecified atom stereocenters. The van der Waals surface area contributed by atoms with Gasteiger partial charge in [-0.2, -0.15) is 0 Å². The molecule has 10 heteroatoms. The van der Waals surface area contributed by atoms with Gasteiger partial charge >= 0.3 is 18.2 Å². The number of alkyl carbamates (subject to hydrolysis) is 1. The zero-order chi connectivity index (χ0) is 25.3. The lowest BCUT2D eigenvalue weighted by Crippen LogP contribution is -2.50. The number of carbonyl (C=O) groups is 4. The Kier molecular flexibility index (Phi) is 9.70. The van der Waals surface area contributed by atoms with Crippen LogP contribution in [0.5, 0.6) is 0 Å². The number of carboxylic acids is 1. The first-order valence-corrected chi connectivity index (χ1v) is 11.4. The first kappa shape index (κ1) is 26.9. The summed E-state index contributed by atoms with van der Waals surface area (Å²) in [6.07, 6.45) is 0.813. The van der Waals surface area contributed by atoms with Gasteiger partial charge in [-0.05, 0) is 57.9 Å². The van der Waals surface area contributed by atoms with E-state index >= 15 is 0 Å². The first-order chi connectivity index (χ1) is 15.9. The standard InChI is InChI=1S/C24H35N3O7/c1-24(2,3)34-22(31)26-20(21(29)30)17-10-12-18(13-11-17)25-19(28)14-27(4)23(32)33-15-16-8-6-5-7-9-16/h5-9,17-18,20H,10-15H2,1-4H3,(H,25,28)(H,26,31)(H,29,30)/t17-,18-,20-/m0/s1. The lowest BCUT2D eigenvalue weighted by Gasteiger charge is -2.33. The molecule has 1 aromatic rings. The predicted molar refractivity (Wildman–Crippen MR) is 124 cm³/mol. The molecule has 0 saturated heterocycles. The monoisotopic (exact) mass is 477 g/mol. The molecule has 1 saturated carbocycles. The van der Waals surface area contributed by atoms with Crippen molar-refractivity contribution in [3.05, 3.63) is 35.9 Å². The third kappa shape index (κ3) is 9.29. The second-order valence-electron chi connectivity index (χ2n) is 9.54. The van der Waals surface area contributed by atoms with E-state index in [0.717, 1.165) is 5.56 Å². The van der Waals surface area contributed by atoms with Crippen molar-refractivity contribution in [3.63, 3.8) is 0 Å². The molecule has 10 nitrogen and oxygen atoms in total. The van der Waals surface area contributed by atoms with Crippen molar-refractivity contribution >= 4 is 24.1 Å². The molecule has 0 aliphatic heterocycles. The number of hydrogen-bond donors (Lipinski definition) is 3. The van der Waals surface area contributed by atoms with Crippen molar-refractivity contribution in [1.29, 1.82) is 0 Å². The Morgan fingerprint density at radius 1 is 1.09 bits per heavy atom. The number of nitrogens with zero attached hydrogens (tertiary/aromatic N) is 1. The number of nitrogens with one attached hydrogen (secondary N) is 2. The number of likely N-dealkylation sites (N-methyl/N-ethyl adjacent to an activating group) is 1. The maximum Gasteiger partial charge on any atom is 0.410 e. The van der Waals surface area contributed by atoms with Gasteiger partial charge < -0.3 is 30.1 Å². The lowest BCUT2D eigenvalue weighted by molar-refractivity contribution is -0.141. The van der Waals surface area contributed by atoms with Gasteiger partial charge in [-0.25, -0.2) is 14.4 Å². The largest absolute Gasteiger partial charge is 0.480 e. The van der Waals surface area contributed by atoms with E-state index in [1.807, 2.05) is 30.3 Å². The van der Waals surface area contributed by atoms with Crippen LogP contribution in [0.25, 0.3) is 0 Å². The summed E-state index contributed by atoms with van der Waals surface area (Å²) in [5.74, 6) is -1.70. The highest BCUT2D eigenvalue weighted by molar-refractivity contribution is 5.82. The summed E-state index contributed by atoms with van der Waals surface area (Å²) in [6.45, 7) is 5.09. The Bertz CT molecular complexity index is 846. The summed E-state index contributed by atoms with van der Waals surface area (Å²) in [7, 11) is 1.49. The molecule has 0 radical (unpaired) electrons. The summed E-state index contributed by atoms with van der Waals surface area (Å²) in [4.78, 5) is 49.4. The SMILES string of the molecule is CN(CC(=O)N[C@H]1CC[C@H]([C@H](NC(=O)OC(C)(C)C)C(=O)O)CC1)C(=O)OCc1ccccc1. The van der Waals surface area contributed by atoms with Crippen molar-refractivity contribution in [2.45, 2.75) is 70.7 Å². The van der Waals surface area contributed by atoms with Gasteiger partial charge in [0, 0.05) is 13.1 Å². The van der Waals surface area contributed by atoms with Gasteiger partial charge in [0.2, 0.25) is 5.91 Å². The molecule has 0 bridgehead atoms. The number of carboxylic acid groups (broad SMARTS) is 1. The molecule has 0 aromatic heterocycles. The van der Waals surface area contributed by atoms with Crippen LogP contribution in [-0.2, 0) is 25.7 Å². The molecule has 0 heterocycles. The van der Waals surface area contributed by atoms with Gasteiger partial charge in [0.15, 0.2) is 0 Å². The maximum absolute atomic E-state index is 12.4. The molecule has 1 aliphatic carbocycles. The van der Waals surface area contributed by atoms with Crippen LogP contribution in [0, 0.1) is 5.92 Å². The van der Waals surface area contributed by atoms with Crippen molar-refractivity contribution in [1.82, 2.24) is 15.5 Å². The van der Waals surface area contributed by atoms with Gasteiger partial charge in [0.05, 0.1) is 0 Å². The minimum atomic E-state index is -1.12. The van der Waals surface area contributed by atoms with Crippen molar-refractivity contribution in [2.24, 2.45) is 5.92 Å². The van der Waals surface area contributed by atoms with E-state index in [4.69, 9.17) is 9.47 Å². The second kappa shape index (κ2) is 12.2. The number of amides is 3. The van der Waals surface area contributed by atoms with E-state index < -0.39 is 29.8 Å². The minimum Gasteiger partial charge on any atom is -0.480 e. The van der Waals surface area contributed by atoms with E-state index in [1.54, 1.807) is 20.8 Å². The molecule has 0 spiro atoms. The van der Waals surface area contributed by atoms with Crippen molar-refractivity contribution < 1.29 is 33.8 Å². The van der Waals surface area contributed by atoms with Crippen molar-refractivity contribution in [3.8, 4) is 0 Å². The Morgan fingerprint density at radius 3 is 2.26 bits per heavy atom. The van der Waals surface area contributed by atoms with Gasteiger partial charge in [-0.1, -0.05) is 30.3 Å². The van der Waals surface area contributed by atoms with Crippen LogP contribution in [-0.4, -0.2) is 65.3 Å². The molecule has 1 aromatic carbocycles. The summed E-state index contributed by atoms with van der Waals surface area (Å²) in [6, 6.07) is 8.06. The molecule has 2 rings (SSSR count). The fraction of sp³-hybridized carbons (Fsp3) is 0.583. The van der Waals surface area contributed by atoms with Crippen LogP contribution in [0.1, 0.15) is 52.0 Å². The number of benzene rings is 1. The number of aliphatic carboxylic acids is 1. The summed E-state index contributed by atoms with van der Waals surface area (Å²) in [5, 5.41) is 14.9. The highest BCUT2D eigenvalue weighted by Crippen LogP contribution is 2.27. The highest BCUT2D eigenvalue weighted by atomic mass is 16.6. The van der Waals surface area contributed by atoms with Gasteiger partial charge in [0.1, 0.15) is 24.8 Å². The summed E-state index contributed by atoms with van der Waals surface area (Å²) in [5.41, 5.74) is 0.127. The quantitative estimate of drug-likeness (QED) is 0.524. The smallest absolute Gasteiger partial charge is 0.410 e. The van der Waals surface area contributed by atoms with E-state index in [2.05, 4.69) is 10.6 Å². The molecule has 34 heavy (non-hydrogen) atoms. The average Bonchev–Trinajstić information content (AvgIpc) is 2.75. The maximum atomic E-state index is 12.4. The number of carbonyl (C=O) groups excluding carboxylic acids is 3. The van der Waals surface area contributed by atoms with Gasteiger partial charge in [0.25, 0.3) is 0 Å². The Morgan fingerprint density at radius 2 is 1.71 bits per heavy atom. The molecule has 1 fully saturated rings. The topological polar surface area (TPSA) is 134 Å². The Labute approximate surface area is 200 Å².